The van der Waals surface area contributed by atoms with E-state index in [0.717, 1.165) is 0 Å². The Morgan fingerprint density at radius 2 is 0.922 bits per heavy atom. The Morgan fingerprint density at radius 3 is 1.56 bits per heavy atom. The summed E-state index contributed by atoms with van der Waals surface area (Å²) < 4.78 is 0. The van der Waals surface area contributed by atoms with Gasteiger partial charge >= 0.3 is 0 Å². The maximum Gasteiger partial charge on any atom is 0.0496 e. The first kappa shape index (κ1) is 43.6. The zero-order chi connectivity index (χ0) is 45.2. The van der Waals surface area contributed by atoms with Gasteiger partial charge in [-0.3, -0.25) is 0 Å². The van der Waals surface area contributed by atoms with Crippen LogP contribution in [-0.4, -0.2) is 0 Å². The van der Waals surface area contributed by atoms with Crippen molar-refractivity contribution >= 4 is 17.1 Å². The zero-order valence-electron chi connectivity index (χ0n) is 40.5. The van der Waals surface area contributed by atoms with E-state index in [9.17, 15) is 0 Å². The van der Waals surface area contributed by atoms with Crippen molar-refractivity contribution in [1.29, 1.82) is 0 Å². The molecule has 1 heteroatoms. The summed E-state index contributed by atoms with van der Waals surface area (Å²) in [5, 5.41) is 0. The second-order valence-electron chi connectivity index (χ2n) is 22.6. The summed E-state index contributed by atoms with van der Waals surface area (Å²) in [5.74, 6) is 0.568. The van der Waals surface area contributed by atoms with Gasteiger partial charge in [0.2, 0.25) is 0 Å². The van der Waals surface area contributed by atoms with Gasteiger partial charge in [-0.1, -0.05) is 211 Å². The number of anilines is 3. The maximum atomic E-state index is 2.56. The van der Waals surface area contributed by atoms with Crippen LogP contribution in [0.5, 0.6) is 0 Å². The molecule has 2 aliphatic rings. The summed E-state index contributed by atoms with van der Waals surface area (Å²) in [4.78, 5) is 2.56. The molecule has 0 heterocycles. The van der Waals surface area contributed by atoms with E-state index in [1.54, 1.807) is 0 Å². The van der Waals surface area contributed by atoms with Crippen molar-refractivity contribution in [2.75, 3.05) is 4.90 Å². The van der Waals surface area contributed by atoms with E-state index in [4.69, 9.17) is 0 Å². The highest BCUT2D eigenvalue weighted by molar-refractivity contribution is 5.87. The van der Waals surface area contributed by atoms with Gasteiger partial charge in [0, 0.05) is 22.5 Å². The summed E-state index contributed by atoms with van der Waals surface area (Å²) >= 11 is 0. The predicted molar refractivity (Wildman–Crippen MR) is 277 cm³/mol. The number of nitrogens with zero attached hydrogens (tertiary/aromatic N) is 1. The first-order valence-corrected chi connectivity index (χ1v) is 24.0. The first-order chi connectivity index (χ1) is 30.4. The lowest BCUT2D eigenvalue weighted by Crippen LogP contribution is -2.18. The molecule has 0 spiro atoms. The standard InChI is InChI=1S/C63H69N/c1-60(2,3)49-35-46(34-47(36-49)48-37-50(61(4,5)6)40-51(38-48)62(7,8)9)43-30-28-42(29-31-43)45-22-19-23-52(39-45)64(59-27-18-16-24-54(59)44-20-13-12-14-21-44)53-32-33-56-55-25-15-17-26-57(55)63(10,11)58(56)41-53/h15-19,22-41,44H,12-14,20-21H2,1-11H3. The molecule has 9 rings (SSSR count). The number of fused-ring (bicyclic) bond motifs is 3. The lowest BCUT2D eigenvalue weighted by molar-refractivity contribution is 0.444. The molecule has 0 atom stereocenters. The highest BCUT2D eigenvalue weighted by Gasteiger charge is 2.36. The van der Waals surface area contributed by atoms with Crippen LogP contribution in [0.4, 0.5) is 17.1 Å². The lowest BCUT2D eigenvalue weighted by atomic mass is 9.78. The van der Waals surface area contributed by atoms with Gasteiger partial charge in [-0.2, -0.15) is 0 Å². The van der Waals surface area contributed by atoms with Gasteiger partial charge in [0.25, 0.3) is 0 Å². The average molecular weight is 840 g/mol. The number of hydrogen-bond donors (Lipinski definition) is 0. The Labute approximate surface area is 385 Å². The second-order valence-corrected chi connectivity index (χ2v) is 22.6. The van der Waals surface area contributed by atoms with Gasteiger partial charge in [0.15, 0.2) is 0 Å². The number of rotatable bonds is 7. The van der Waals surface area contributed by atoms with E-state index in [2.05, 4.69) is 233 Å². The molecule has 1 saturated carbocycles. The number of para-hydroxylation sites is 1. The minimum absolute atomic E-state index is 0.000319. The molecular weight excluding hydrogens is 771 g/mol. The fourth-order valence-corrected chi connectivity index (χ4v) is 10.4. The van der Waals surface area contributed by atoms with Crippen LogP contribution in [0.2, 0.25) is 0 Å². The molecule has 0 N–H and O–H groups in total. The third-order valence-corrected chi connectivity index (χ3v) is 14.5. The van der Waals surface area contributed by atoms with Gasteiger partial charge < -0.3 is 4.90 Å². The summed E-state index contributed by atoms with van der Waals surface area (Å²) in [6.45, 7) is 25.7. The van der Waals surface area contributed by atoms with Gasteiger partial charge in [-0.05, 0) is 149 Å². The quantitative estimate of drug-likeness (QED) is 0.155. The highest BCUT2D eigenvalue weighted by atomic mass is 15.1. The Morgan fingerprint density at radius 1 is 0.406 bits per heavy atom. The van der Waals surface area contributed by atoms with E-state index in [1.807, 2.05) is 0 Å². The average Bonchev–Trinajstić information content (AvgIpc) is 3.51. The first-order valence-electron chi connectivity index (χ1n) is 24.0. The highest BCUT2D eigenvalue weighted by Crippen LogP contribution is 2.52. The van der Waals surface area contributed by atoms with Crippen molar-refractivity contribution in [1.82, 2.24) is 0 Å². The molecule has 0 bridgehead atoms. The summed E-state index contributed by atoms with van der Waals surface area (Å²) in [5.41, 5.74) is 22.3. The van der Waals surface area contributed by atoms with Crippen LogP contribution < -0.4 is 4.90 Å². The van der Waals surface area contributed by atoms with Crippen LogP contribution in [-0.2, 0) is 21.7 Å². The molecule has 326 valence electrons. The van der Waals surface area contributed by atoms with Gasteiger partial charge in [-0.15, -0.1) is 0 Å². The molecule has 7 aromatic rings. The van der Waals surface area contributed by atoms with Gasteiger partial charge in [0.05, 0.1) is 0 Å². The Kier molecular flexibility index (Phi) is 11.2. The van der Waals surface area contributed by atoms with Gasteiger partial charge in [-0.25, -0.2) is 0 Å². The third-order valence-electron chi connectivity index (χ3n) is 14.5. The second kappa shape index (κ2) is 16.4. The SMILES string of the molecule is CC(C)(C)c1cc(-c2ccc(-c3cccc(N(c4ccc5c(c4)C(C)(C)c4ccccc4-5)c4ccccc4C4CCCCC4)c3)cc2)cc(-c2cc(C(C)(C)C)cc(C(C)(C)C)c2)c1. The number of benzene rings is 7. The summed E-state index contributed by atoms with van der Waals surface area (Å²) in [7, 11) is 0. The molecule has 0 aromatic heterocycles. The van der Waals surface area contributed by atoms with E-state index in [1.165, 1.54) is 127 Å². The fourth-order valence-electron chi connectivity index (χ4n) is 10.4. The minimum atomic E-state index is -0.0842. The van der Waals surface area contributed by atoms with Crippen molar-refractivity contribution in [3.05, 3.63) is 185 Å². The molecule has 7 aromatic carbocycles. The minimum Gasteiger partial charge on any atom is -0.310 e. The molecule has 0 unspecified atom stereocenters. The molecule has 0 radical (unpaired) electrons. The van der Waals surface area contributed by atoms with Crippen molar-refractivity contribution in [3.8, 4) is 44.5 Å². The molecule has 1 nitrogen and oxygen atoms in total. The lowest BCUT2D eigenvalue weighted by Gasteiger charge is -2.32. The maximum absolute atomic E-state index is 2.56. The molecule has 1 fully saturated rings. The van der Waals surface area contributed by atoms with Crippen molar-refractivity contribution in [2.24, 2.45) is 0 Å². The molecular formula is C63H69N. The Balaban J connectivity index is 1.12. The smallest absolute Gasteiger partial charge is 0.0496 e. The summed E-state index contributed by atoms with van der Waals surface area (Å²) in [6, 6.07) is 58.5. The molecule has 0 amide bonds. The van der Waals surface area contributed by atoms with Crippen LogP contribution in [0.1, 0.15) is 148 Å². The van der Waals surface area contributed by atoms with Crippen LogP contribution >= 0.6 is 0 Å². The molecule has 2 aliphatic carbocycles. The van der Waals surface area contributed by atoms with Crippen LogP contribution in [0.3, 0.4) is 0 Å². The van der Waals surface area contributed by atoms with E-state index in [0.29, 0.717) is 5.92 Å². The van der Waals surface area contributed by atoms with E-state index < -0.39 is 0 Å². The molecule has 0 aliphatic heterocycles. The van der Waals surface area contributed by atoms with Crippen LogP contribution in [0.25, 0.3) is 44.5 Å². The molecule has 64 heavy (non-hydrogen) atoms. The normalized spacial score (nSPS) is 15.2. The predicted octanol–water partition coefficient (Wildman–Crippen LogP) is 18.4. The van der Waals surface area contributed by atoms with E-state index in [-0.39, 0.29) is 21.7 Å². The third kappa shape index (κ3) is 8.40. The fraction of sp³-hybridized carbons (Fsp3) is 0.333. The topological polar surface area (TPSA) is 3.24 Å². The van der Waals surface area contributed by atoms with Crippen molar-refractivity contribution in [3.63, 3.8) is 0 Å². The summed E-state index contributed by atoms with van der Waals surface area (Å²) in [6.07, 6.45) is 6.47. The largest absolute Gasteiger partial charge is 0.310 e. The molecule has 0 saturated heterocycles. The van der Waals surface area contributed by atoms with Gasteiger partial charge in [0.1, 0.15) is 0 Å². The van der Waals surface area contributed by atoms with Crippen LogP contribution in [0, 0.1) is 0 Å². The van der Waals surface area contributed by atoms with Crippen molar-refractivity contribution in [2.45, 2.75) is 136 Å². The number of hydrogen-bond acceptors (Lipinski definition) is 1. The van der Waals surface area contributed by atoms with Crippen molar-refractivity contribution < 1.29 is 0 Å². The monoisotopic (exact) mass is 840 g/mol. The Hall–Kier alpha value is -5.66. The Bertz CT molecular complexity index is 2790. The van der Waals surface area contributed by atoms with Crippen LogP contribution in [0.15, 0.2) is 152 Å². The zero-order valence-corrected chi connectivity index (χ0v) is 40.5. The van der Waals surface area contributed by atoms with E-state index >= 15 is 0 Å².